The molecule has 0 radical (unpaired) electrons. The van der Waals surface area contributed by atoms with Crippen LogP contribution in [0.5, 0.6) is 0 Å². The molecule has 6 heteroatoms. The molecule has 0 aromatic heterocycles. The van der Waals surface area contributed by atoms with E-state index in [-0.39, 0.29) is 28.1 Å². The number of Topliss-reactive ketones (excluding diaryl/α,β-unsaturated/α-hetero) is 3. The highest BCUT2D eigenvalue weighted by Crippen LogP contribution is 2.27. The van der Waals surface area contributed by atoms with Crippen molar-refractivity contribution in [1.82, 2.24) is 10.2 Å². The fourth-order valence-corrected chi connectivity index (χ4v) is 4.55. The number of fused-ring (bicyclic) bond motifs is 1. The maximum atomic E-state index is 12.7. The largest absolute Gasteiger partial charge is 0.376 e. The third-order valence-electron chi connectivity index (χ3n) is 6.13. The second-order valence-corrected chi connectivity index (χ2v) is 8.75. The van der Waals surface area contributed by atoms with Crippen molar-refractivity contribution in [3.8, 4) is 0 Å². The molecule has 4 rings (SSSR count). The van der Waals surface area contributed by atoms with Gasteiger partial charge in [-0.2, -0.15) is 0 Å². The van der Waals surface area contributed by atoms with Gasteiger partial charge < -0.3 is 10.2 Å². The van der Waals surface area contributed by atoms with Crippen molar-refractivity contribution in [3.63, 3.8) is 0 Å². The minimum Gasteiger partial charge on any atom is -0.376 e. The van der Waals surface area contributed by atoms with Crippen LogP contribution in [0.2, 0.25) is 0 Å². The lowest BCUT2D eigenvalue weighted by Gasteiger charge is -2.26. The second-order valence-electron chi connectivity index (χ2n) is 8.37. The van der Waals surface area contributed by atoms with Crippen molar-refractivity contribution in [2.45, 2.75) is 38.6 Å². The van der Waals surface area contributed by atoms with Gasteiger partial charge in [0.2, 0.25) is 11.6 Å². The Morgan fingerprint density at radius 2 is 1.56 bits per heavy atom. The summed E-state index contributed by atoms with van der Waals surface area (Å²) in [4.78, 5) is 40.2. The van der Waals surface area contributed by atoms with Crippen LogP contribution in [0.3, 0.4) is 0 Å². The molecule has 0 bridgehead atoms. The summed E-state index contributed by atoms with van der Waals surface area (Å²) >= 11 is 6.19. The van der Waals surface area contributed by atoms with E-state index >= 15 is 0 Å². The molecule has 0 saturated carbocycles. The summed E-state index contributed by atoms with van der Waals surface area (Å²) < 4.78 is 0. The Labute approximate surface area is 193 Å². The first-order valence-corrected chi connectivity index (χ1v) is 11.6. The summed E-state index contributed by atoms with van der Waals surface area (Å²) in [6.07, 6.45) is 5.27. The lowest BCUT2D eigenvalue weighted by Crippen LogP contribution is -2.30. The zero-order chi connectivity index (χ0) is 22.5. The van der Waals surface area contributed by atoms with Gasteiger partial charge in [-0.3, -0.25) is 14.4 Å². The SMILES string of the molecule is O=C(CCCN1CCCCC1)c1ccc(CNC2=C(Cl)C(=O)c3ccccc3C2=O)cc1. The maximum Gasteiger partial charge on any atom is 0.211 e. The lowest BCUT2D eigenvalue weighted by atomic mass is 9.92. The molecule has 0 unspecified atom stereocenters. The van der Waals surface area contributed by atoms with Gasteiger partial charge in [-0.1, -0.05) is 66.6 Å². The van der Waals surface area contributed by atoms with E-state index in [1.165, 1.54) is 19.3 Å². The van der Waals surface area contributed by atoms with Crippen LogP contribution in [-0.2, 0) is 6.54 Å². The molecular formula is C26H27ClN2O3. The first kappa shape index (κ1) is 22.4. The molecule has 1 N–H and O–H groups in total. The predicted octanol–water partition coefficient (Wildman–Crippen LogP) is 4.75. The summed E-state index contributed by atoms with van der Waals surface area (Å²) in [5.41, 5.74) is 2.40. The van der Waals surface area contributed by atoms with Crippen molar-refractivity contribution >= 4 is 29.0 Å². The van der Waals surface area contributed by atoms with Crippen LogP contribution >= 0.6 is 11.6 Å². The van der Waals surface area contributed by atoms with E-state index in [0.717, 1.165) is 31.6 Å². The van der Waals surface area contributed by atoms with E-state index in [2.05, 4.69) is 10.2 Å². The number of benzene rings is 2. The smallest absolute Gasteiger partial charge is 0.211 e. The molecule has 1 aliphatic carbocycles. The molecule has 1 aliphatic heterocycles. The van der Waals surface area contributed by atoms with Crippen molar-refractivity contribution in [2.24, 2.45) is 0 Å². The third-order valence-corrected chi connectivity index (χ3v) is 6.49. The van der Waals surface area contributed by atoms with Crippen LogP contribution in [0, 0.1) is 0 Å². The molecule has 5 nitrogen and oxygen atoms in total. The van der Waals surface area contributed by atoms with Crippen LogP contribution in [0.25, 0.3) is 0 Å². The van der Waals surface area contributed by atoms with Gasteiger partial charge in [-0.05, 0) is 44.5 Å². The molecule has 0 spiro atoms. The number of rotatable bonds is 8. The zero-order valence-electron chi connectivity index (χ0n) is 18.0. The quantitative estimate of drug-likeness (QED) is 0.587. The fraction of sp³-hybridized carbons (Fsp3) is 0.346. The number of carbonyl (C=O) groups excluding carboxylic acids is 3. The summed E-state index contributed by atoms with van der Waals surface area (Å²) in [5.74, 6) is -0.488. The van der Waals surface area contributed by atoms with E-state index in [9.17, 15) is 14.4 Å². The minimum absolute atomic E-state index is 0.0887. The summed E-state index contributed by atoms with van der Waals surface area (Å²) in [6.45, 7) is 3.61. The number of halogens is 1. The number of hydrogen-bond donors (Lipinski definition) is 1. The number of nitrogens with one attached hydrogen (secondary N) is 1. The Kier molecular flexibility index (Phi) is 7.18. The normalized spacial score (nSPS) is 16.8. The van der Waals surface area contributed by atoms with Crippen LogP contribution < -0.4 is 5.32 Å². The number of hydrogen-bond acceptors (Lipinski definition) is 5. The lowest BCUT2D eigenvalue weighted by molar-refractivity contribution is 0.0972. The van der Waals surface area contributed by atoms with Gasteiger partial charge >= 0.3 is 0 Å². The summed E-state index contributed by atoms with van der Waals surface area (Å²) in [5, 5.41) is 2.93. The highest BCUT2D eigenvalue weighted by atomic mass is 35.5. The number of ketones is 3. The third kappa shape index (κ3) is 5.00. The van der Waals surface area contributed by atoms with E-state index in [1.807, 2.05) is 24.3 Å². The second kappa shape index (κ2) is 10.2. The molecule has 2 aromatic rings. The van der Waals surface area contributed by atoms with Crippen LogP contribution in [0.4, 0.5) is 0 Å². The molecule has 2 aromatic carbocycles. The molecule has 0 atom stereocenters. The van der Waals surface area contributed by atoms with Crippen molar-refractivity contribution < 1.29 is 14.4 Å². The predicted molar refractivity (Wildman–Crippen MR) is 125 cm³/mol. The molecule has 1 heterocycles. The molecule has 1 saturated heterocycles. The molecule has 32 heavy (non-hydrogen) atoms. The fourth-order valence-electron chi connectivity index (χ4n) is 4.29. The highest BCUT2D eigenvalue weighted by molar-refractivity contribution is 6.49. The van der Waals surface area contributed by atoms with Gasteiger partial charge in [0.15, 0.2) is 5.78 Å². The van der Waals surface area contributed by atoms with Gasteiger partial charge in [0.25, 0.3) is 0 Å². The first-order valence-electron chi connectivity index (χ1n) is 11.2. The average molecular weight is 451 g/mol. The van der Waals surface area contributed by atoms with E-state index in [1.54, 1.807) is 24.3 Å². The van der Waals surface area contributed by atoms with E-state index < -0.39 is 0 Å². The molecular weight excluding hydrogens is 424 g/mol. The molecule has 0 amide bonds. The Balaban J connectivity index is 1.32. The number of carbonyl (C=O) groups is 3. The van der Waals surface area contributed by atoms with Gasteiger partial charge in [0.05, 0.1) is 0 Å². The van der Waals surface area contributed by atoms with Gasteiger partial charge in [-0.15, -0.1) is 0 Å². The monoisotopic (exact) mass is 450 g/mol. The van der Waals surface area contributed by atoms with Crippen LogP contribution in [0.1, 0.15) is 68.7 Å². The topological polar surface area (TPSA) is 66.5 Å². The number of piperidine rings is 1. The number of allylic oxidation sites excluding steroid dienone is 2. The number of likely N-dealkylation sites (tertiary alicyclic amines) is 1. The van der Waals surface area contributed by atoms with Crippen molar-refractivity contribution in [3.05, 3.63) is 81.5 Å². The molecule has 1 fully saturated rings. The van der Waals surface area contributed by atoms with Gasteiger partial charge in [0.1, 0.15) is 10.7 Å². The van der Waals surface area contributed by atoms with E-state index in [4.69, 9.17) is 11.6 Å². The zero-order valence-corrected chi connectivity index (χ0v) is 18.8. The average Bonchev–Trinajstić information content (AvgIpc) is 2.83. The van der Waals surface area contributed by atoms with E-state index in [0.29, 0.717) is 29.7 Å². The number of nitrogens with zero attached hydrogens (tertiary/aromatic N) is 1. The Morgan fingerprint density at radius 3 is 2.25 bits per heavy atom. The first-order chi connectivity index (χ1) is 15.5. The Hall–Kier alpha value is -2.76. The highest BCUT2D eigenvalue weighted by Gasteiger charge is 2.30. The maximum absolute atomic E-state index is 12.7. The van der Waals surface area contributed by atoms with Gasteiger partial charge in [0, 0.05) is 29.7 Å². The van der Waals surface area contributed by atoms with Crippen LogP contribution in [-0.4, -0.2) is 41.9 Å². The Bertz CT molecular complexity index is 1050. The molecule has 2 aliphatic rings. The van der Waals surface area contributed by atoms with Gasteiger partial charge in [-0.25, -0.2) is 0 Å². The standard InChI is InChI=1S/C26H27ClN2O3/c27-23-24(26(32)21-8-3-2-7-20(21)25(23)31)28-17-18-10-12-19(13-11-18)22(30)9-6-16-29-14-4-1-5-15-29/h2-3,7-8,10-13,28H,1,4-6,9,14-17H2. The summed E-state index contributed by atoms with van der Waals surface area (Å²) in [7, 11) is 0. The minimum atomic E-state index is -0.352. The van der Waals surface area contributed by atoms with Crippen molar-refractivity contribution in [2.75, 3.05) is 19.6 Å². The van der Waals surface area contributed by atoms with Crippen LogP contribution in [0.15, 0.2) is 59.3 Å². The summed E-state index contributed by atoms with van der Waals surface area (Å²) in [6, 6.07) is 14.0. The molecule has 166 valence electrons. The van der Waals surface area contributed by atoms with Crippen molar-refractivity contribution in [1.29, 1.82) is 0 Å². The Morgan fingerprint density at radius 1 is 0.906 bits per heavy atom.